The first-order valence-corrected chi connectivity index (χ1v) is 6.88. The van der Waals surface area contributed by atoms with E-state index in [0.717, 1.165) is 31.8 Å². The summed E-state index contributed by atoms with van der Waals surface area (Å²) in [5.74, 6) is 1.71. The molecule has 16 heavy (non-hydrogen) atoms. The quantitative estimate of drug-likeness (QED) is 0.777. The minimum Gasteiger partial charge on any atom is -0.338 e. The molecule has 2 rings (SSSR count). The van der Waals surface area contributed by atoms with Crippen molar-refractivity contribution in [3.05, 3.63) is 0 Å². The lowest BCUT2D eigenvalue weighted by Gasteiger charge is -2.38. The zero-order valence-corrected chi connectivity index (χ0v) is 11.6. The zero-order valence-electron chi connectivity index (χ0n) is 9.94. The second-order valence-corrected chi connectivity index (χ2v) is 6.02. The Morgan fingerprint density at radius 2 is 2.19 bits per heavy atom. The van der Waals surface area contributed by atoms with Crippen molar-refractivity contribution in [2.24, 2.45) is 5.92 Å². The lowest BCUT2D eigenvalue weighted by Crippen LogP contribution is -2.50. The van der Waals surface area contributed by atoms with Crippen LogP contribution in [0.5, 0.6) is 0 Å². The molecule has 3 nitrogen and oxygen atoms in total. The Kier molecular flexibility index (Phi) is 5.41. The number of thioether (sulfide) groups is 1. The van der Waals surface area contributed by atoms with Gasteiger partial charge in [-0.2, -0.15) is 11.8 Å². The third-order valence-electron chi connectivity index (χ3n) is 3.58. The van der Waals surface area contributed by atoms with E-state index >= 15 is 0 Å². The molecule has 2 heterocycles. The predicted octanol–water partition coefficient (Wildman–Crippen LogP) is 1.37. The molecular formula is C11H21ClN2OS. The van der Waals surface area contributed by atoms with Crippen LogP contribution < -0.4 is 5.32 Å². The summed E-state index contributed by atoms with van der Waals surface area (Å²) in [6.45, 7) is 7.22. The predicted molar refractivity (Wildman–Crippen MR) is 71.3 cm³/mol. The SMILES string of the molecule is CC1SCCN(C(=O)[C@H]2CCNC2)C1C.Cl. The van der Waals surface area contributed by atoms with E-state index in [0.29, 0.717) is 17.2 Å². The van der Waals surface area contributed by atoms with E-state index in [9.17, 15) is 4.79 Å². The Morgan fingerprint density at radius 3 is 2.81 bits per heavy atom. The van der Waals surface area contributed by atoms with Crippen molar-refractivity contribution in [3.8, 4) is 0 Å². The van der Waals surface area contributed by atoms with Crippen LogP contribution >= 0.6 is 24.2 Å². The number of hydrogen-bond acceptors (Lipinski definition) is 3. The van der Waals surface area contributed by atoms with Gasteiger partial charge in [0, 0.05) is 30.1 Å². The largest absolute Gasteiger partial charge is 0.338 e. The normalized spacial score (nSPS) is 34.6. The summed E-state index contributed by atoms with van der Waals surface area (Å²) in [5, 5.41) is 3.85. The van der Waals surface area contributed by atoms with Crippen molar-refractivity contribution in [2.45, 2.75) is 31.6 Å². The lowest BCUT2D eigenvalue weighted by atomic mass is 10.1. The number of carbonyl (C=O) groups excluding carboxylic acids is 1. The van der Waals surface area contributed by atoms with E-state index in [1.54, 1.807) is 0 Å². The topological polar surface area (TPSA) is 32.3 Å². The van der Waals surface area contributed by atoms with Crippen LogP contribution in [0, 0.1) is 5.92 Å². The average Bonchev–Trinajstić information content (AvgIpc) is 2.74. The second kappa shape index (κ2) is 6.12. The van der Waals surface area contributed by atoms with Gasteiger partial charge < -0.3 is 10.2 Å². The van der Waals surface area contributed by atoms with Crippen LogP contribution in [0.4, 0.5) is 0 Å². The Labute approximate surface area is 108 Å². The molecule has 0 aromatic heterocycles. The number of carbonyl (C=O) groups is 1. The fraction of sp³-hybridized carbons (Fsp3) is 0.909. The maximum absolute atomic E-state index is 12.2. The minimum absolute atomic E-state index is 0. The summed E-state index contributed by atoms with van der Waals surface area (Å²) in [6, 6.07) is 0.400. The first kappa shape index (κ1) is 14.1. The minimum atomic E-state index is 0. The number of halogens is 1. The Morgan fingerprint density at radius 1 is 1.44 bits per heavy atom. The van der Waals surface area contributed by atoms with Gasteiger partial charge in [-0.25, -0.2) is 0 Å². The van der Waals surface area contributed by atoms with Crippen molar-refractivity contribution in [1.82, 2.24) is 10.2 Å². The van der Waals surface area contributed by atoms with Crippen LogP contribution in [0.2, 0.25) is 0 Å². The van der Waals surface area contributed by atoms with Gasteiger partial charge in [-0.05, 0) is 19.9 Å². The maximum Gasteiger partial charge on any atom is 0.227 e. The van der Waals surface area contributed by atoms with Gasteiger partial charge in [-0.15, -0.1) is 12.4 Å². The molecule has 94 valence electrons. The summed E-state index contributed by atoms with van der Waals surface area (Å²) in [4.78, 5) is 14.3. The molecule has 0 spiro atoms. The van der Waals surface area contributed by atoms with Gasteiger partial charge in [-0.3, -0.25) is 4.79 Å². The molecule has 1 amide bonds. The van der Waals surface area contributed by atoms with E-state index in [-0.39, 0.29) is 18.3 Å². The summed E-state index contributed by atoms with van der Waals surface area (Å²) in [7, 11) is 0. The van der Waals surface area contributed by atoms with Crippen LogP contribution in [0.25, 0.3) is 0 Å². The molecule has 5 heteroatoms. The molecule has 1 N–H and O–H groups in total. The van der Waals surface area contributed by atoms with E-state index in [2.05, 4.69) is 24.1 Å². The number of nitrogens with zero attached hydrogens (tertiary/aromatic N) is 1. The van der Waals surface area contributed by atoms with Crippen molar-refractivity contribution in [3.63, 3.8) is 0 Å². The van der Waals surface area contributed by atoms with Gasteiger partial charge in [0.1, 0.15) is 0 Å². The second-order valence-electron chi connectivity index (χ2n) is 4.54. The fourth-order valence-electron chi connectivity index (χ4n) is 2.34. The van der Waals surface area contributed by atoms with E-state index < -0.39 is 0 Å². The third kappa shape index (κ3) is 2.84. The molecular weight excluding hydrogens is 244 g/mol. The van der Waals surface area contributed by atoms with Gasteiger partial charge in [0.15, 0.2) is 0 Å². The third-order valence-corrected chi connectivity index (χ3v) is 4.91. The lowest BCUT2D eigenvalue weighted by molar-refractivity contribution is -0.136. The van der Waals surface area contributed by atoms with E-state index in [4.69, 9.17) is 0 Å². The van der Waals surface area contributed by atoms with Gasteiger partial charge in [0.2, 0.25) is 5.91 Å². The molecule has 2 unspecified atom stereocenters. The molecule has 0 aromatic carbocycles. The molecule has 2 aliphatic heterocycles. The number of amides is 1. The Hall–Kier alpha value is 0.0700. The van der Waals surface area contributed by atoms with Crippen LogP contribution in [0.3, 0.4) is 0 Å². The van der Waals surface area contributed by atoms with Gasteiger partial charge >= 0.3 is 0 Å². The molecule has 2 fully saturated rings. The zero-order chi connectivity index (χ0) is 10.8. The Bertz CT molecular complexity index is 246. The highest BCUT2D eigenvalue weighted by Gasteiger charge is 2.33. The molecule has 0 aliphatic carbocycles. The van der Waals surface area contributed by atoms with Crippen LogP contribution in [0.1, 0.15) is 20.3 Å². The summed E-state index contributed by atoms with van der Waals surface area (Å²) in [5.41, 5.74) is 0. The highest BCUT2D eigenvalue weighted by atomic mass is 35.5. The highest BCUT2D eigenvalue weighted by Crippen LogP contribution is 2.26. The van der Waals surface area contributed by atoms with Gasteiger partial charge in [-0.1, -0.05) is 6.92 Å². The van der Waals surface area contributed by atoms with E-state index in [1.807, 2.05) is 11.8 Å². The van der Waals surface area contributed by atoms with Crippen LogP contribution in [-0.2, 0) is 4.79 Å². The Balaban J connectivity index is 0.00000128. The van der Waals surface area contributed by atoms with Crippen molar-refractivity contribution in [2.75, 3.05) is 25.4 Å². The van der Waals surface area contributed by atoms with Crippen molar-refractivity contribution >= 4 is 30.1 Å². The highest BCUT2D eigenvalue weighted by molar-refractivity contribution is 8.00. The fourth-order valence-corrected chi connectivity index (χ4v) is 3.44. The van der Waals surface area contributed by atoms with Crippen LogP contribution in [-0.4, -0.2) is 47.5 Å². The molecule has 2 saturated heterocycles. The first-order valence-electron chi connectivity index (χ1n) is 5.83. The molecule has 0 radical (unpaired) electrons. The molecule has 0 aromatic rings. The summed E-state index contributed by atoms with van der Waals surface area (Å²) < 4.78 is 0. The number of rotatable bonds is 1. The molecule has 3 atom stereocenters. The summed E-state index contributed by atoms with van der Waals surface area (Å²) in [6.07, 6.45) is 1.02. The van der Waals surface area contributed by atoms with Gasteiger partial charge in [0.25, 0.3) is 0 Å². The summed E-state index contributed by atoms with van der Waals surface area (Å²) >= 11 is 1.98. The monoisotopic (exact) mass is 264 g/mol. The first-order chi connectivity index (χ1) is 7.20. The average molecular weight is 265 g/mol. The molecule has 2 aliphatic rings. The number of nitrogens with one attached hydrogen (secondary N) is 1. The van der Waals surface area contributed by atoms with E-state index in [1.165, 1.54) is 0 Å². The van der Waals surface area contributed by atoms with Crippen molar-refractivity contribution < 1.29 is 4.79 Å². The van der Waals surface area contributed by atoms with Crippen LogP contribution in [0.15, 0.2) is 0 Å². The standard InChI is InChI=1S/C11H20N2OS.ClH/c1-8-9(2)15-6-5-13(8)11(14)10-3-4-12-7-10;/h8-10,12H,3-7H2,1-2H3;1H/t8?,9?,10-;/m0./s1. The maximum atomic E-state index is 12.2. The van der Waals surface area contributed by atoms with Gasteiger partial charge in [0.05, 0.1) is 5.92 Å². The number of hydrogen-bond donors (Lipinski definition) is 1. The van der Waals surface area contributed by atoms with Crippen molar-refractivity contribution in [1.29, 1.82) is 0 Å². The molecule has 0 saturated carbocycles. The smallest absolute Gasteiger partial charge is 0.227 e. The molecule has 0 bridgehead atoms.